The van der Waals surface area contributed by atoms with Gasteiger partial charge in [-0.15, -0.1) is 0 Å². The molecule has 25 heavy (non-hydrogen) atoms. The van der Waals surface area contributed by atoms with Crippen molar-refractivity contribution < 1.29 is 26.3 Å². The van der Waals surface area contributed by atoms with Gasteiger partial charge in [0.2, 0.25) is 0 Å². The van der Waals surface area contributed by atoms with Crippen LogP contribution in [0.5, 0.6) is 0 Å². The number of anilines is 1. The normalized spacial score (nSPS) is 23.2. The maximum absolute atomic E-state index is 12.9. The van der Waals surface area contributed by atoms with Crippen molar-refractivity contribution in [2.45, 2.75) is 16.8 Å². The van der Waals surface area contributed by atoms with E-state index >= 15 is 0 Å². The molecule has 2 saturated heterocycles. The Balaban J connectivity index is 1.72. The number of alkyl halides is 3. The van der Waals surface area contributed by atoms with Crippen LogP contribution in [0.3, 0.4) is 0 Å². The standard InChI is InChI=1S/C16H21F3N2O3S/c17-16(18,19)25(22,23)15-4-2-1-3-14(15)21-8-6-20(7-9-21)11-13-5-10-24-12-13/h1-4,13H,5-12H2. The zero-order valence-electron chi connectivity index (χ0n) is 13.7. The van der Waals surface area contributed by atoms with Crippen LogP contribution in [0.15, 0.2) is 29.2 Å². The highest BCUT2D eigenvalue weighted by Crippen LogP contribution is 2.36. The van der Waals surface area contributed by atoms with E-state index in [2.05, 4.69) is 4.90 Å². The summed E-state index contributed by atoms with van der Waals surface area (Å²) in [6, 6.07) is 5.35. The van der Waals surface area contributed by atoms with E-state index in [1.165, 1.54) is 12.1 Å². The quantitative estimate of drug-likeness (QED) is 0.804. The monoisotopic (exact) mass is 378 g/mol. The molecule has 0 amide bonds. The number of hydrogen-bond donors (Lipinski definition) is 0. The van der Waals surface area contributed by atoms with Crippen LogP contribution in [0.2, 0.25) is 0 Å². The van der Waals surface area contributed by atoms with Gasteiger partial charge in [0.05, 0.1) is 17.2 Å². The van der Waals surface area contributed by atoms with Crippen molar-refractivity contribution in [3.8, 4) is 0 Å². The van der Waals surface area contributed by atoms with E-state index in [-0.39, 0.29) is 5.69 Å². The molecule has 1 unspecified atom stereocenters. The minimum Gasteiger partial charge on any atom is -0.381 e. The minimum atomic E-state index is -5.36. The molecule has 1 aromatic rings. The molecule has 2 aliphatic heterocycles. The Kier molecular flexibility index (Phi) is 5.26. The van der Waals surface area contributed by atoms with E-state index in [0.29, 0.717) is 32.1 Å². The van der Waals surface area contributed by atoms with Gasteiger partial charge in [-0.3, -0.25) is 4.90 Å². The van der Waals surface area contributed by atoms with Crippen LogP contribution in [-0.4, -0.2) is 64.8 Å². The lowest BCUT2D eigenvalue weighted by molar-refractivity contribution is -0.0435. The van der Waals surface area contributed by atoms with Crippen molar-refractivity contribution in [1.29, 1.82) is 0 Å². The third-order valence-electron chi connectivity index (χ3n) is 4.71. The van der Waals surface area contributed by atoms with Crippen molar-refractivity contribution in [2.75, 3.05) is 50.8 Å². The van der Waals surface area contributed by atoms with Crippen LogP contribution < -0.4 is 4.90 Å². The second-order valence-corrected chi connectivity index (χ2v) is 8.34. The van der Waals surface area contributed by atoms with E-state index < -0.39 is 20.2 Å². The highest BCUT2D eigenvalue weighted by atomic mass is 32.2. The van der Waals surface area contributed by atoms with Crippen LogP contribution in [0.1, 0.15) is 6.42 Å². The predicted octanol–water partition coefficient (Wildman–Crippen LogP) is 2.14. The molecule has 0 saturated carbocycles. The lowest BCUT2D eigenvalue weighted by Crippen LogP contribution is -2.48. The van der Waals surface area contributed by atoms with Gasteiger partial charge in [0, 0.05) is 39.3 Å². The SMILES string of the molecule is O=S(=O)(c1ccccc1N1CCN(CC2CCOC2)CC1)C(F)(F)F. The van der Waals surface area contributed by atoms with Gasteiger partial charge < -0.3 is 9.64 Å². The second kappa shape index (κ2) is 7.13. The predicted molar refractivity (Wildman–Crippen MR) is 87.3 cm³/mol. The average molecular weight is 378 g/mol. The number of nitrogens with zero attached hydrogens (tertiary/aromatic N) is 2. The fraction of sp³-hybridized carbons (Fsp3) is 0.625. The Morgan fingerprint density at radius 1 is 1.12 bits per heavy atom. The van der Waals surface area contributed by atoms with Crippen molar-refractivity contribution in [3.05, 3.63) is 24.3 Å². The first-order valence-corrected chi connectivity index (χ1v) is 9.73. The summed E-state index contributed by atoms with van der Waals surface area (Å²) < 4.78 is 67.8. The molecular formula is C16H21F3N2O3S. The Morgan fingerprint density at radius 2 is 1.80 bits per heavy atom. The Hall–Kier alpha value is -1.32. The van der Waals surface area contributed by atoms with Crippen LogP contribution in [-0.2, 0) is 14.6 Å². The molecule has 5 nitrogen and oxygen atoms in total. The molecule has 2 fully saturated rings. The number of halogens is 3. The molecule has 2 aliphatic rings. The van der Waals surface area contributed by atoms with E-state index in [1.807, 2.05) is 0 Å². The van der Waals surface area contributed by atoms with E-state index in [1.54, 1.807) is 11.0 Å². The number of para-hydroxylation sites is 1. The van der Waals surface area contributed by atoms with E-state index in [4.69, 9.17) is 4.74 Å². The van der Waals surface area contributed by atoms with Gasteiger partial charge in [-0.25, -0.2) is 8.42 Å². The van der Waals surface area contributed by atoms with Gasteiger partial charge in [-0.2, -0.15) is 13.2 Å². The van der Waals surface area contributed by atoms with Gasteiger partial charge >= 0.3 is 5.51 Å². The summed E-state index contributed by atoms with van der Waals surface area (Å²) in [5.74, 6) is 0.504. The third-order valence-corrected chi connectivity index (χ3v) is 6.25. The Labute approximate surface area is 145 Å². The summed E-state index contributed by atoms with van der Waals surface area (Å²) in [5, 5.41) is 0. The van der Waals surface area contributed by atoms with Crippen molar-refractivity contribution in [2.24, 2.45) is 5.92 Å². The van der Waals surface area contributed by atoms with Crippen molar-refractivity contribution >= 4 is 15.5 Å². The second-order valence-electron chi connectivity index (χ2n) is 6.43. The number of ether oxygens (including phenoxy) is 1. The van der Waals surface area contributed by atoms with Gasteiger partial charge in [-0.1, -0.05) is 12.1 Å². The fourth-order valence-electron chi connectivity index (χ4n) is 3.33. The highest BCUT2D eigenvalue weighted by molar-refractivity contribution is 7.92. The van der Waals surface area contributed by atoms with Crippen LogP contribution in [0.25, 0.3) is 0 Å². The molecule has 140 valence electrons. The summed E-state index contributed by atoms with van der Waals surface area (Å²) in [5.41, 5.74) is -5.17. The topological polar surface area (TPSA) is 49.9 Å². The Bertz CT molecular complexity index is 695. The van der Waals surface area contributed by atoms with E-state index in [9.17, 15) is 21.6 Å². The van der Waals surface area contributed by atoms with Gasteiger partial charge in [0.15, 0.2) is 0 Å². The van der Waals surface area contributed by atoms with Gasteiger partial charge in [0.25, 0.3) is 9.84 Å². The number of rotatable bonds is 4. The third kappa shape index (κ3) is 3.93. The largest absolute Gasteiger partial charge is 0.501 e. The summed E-state index contributed by atoms with van der Waals surface area (Å²) in [7, 11) is -5.36. The molecule has 9 heteroatoms. The summed E-state index contributed by atoms with van der Waals surface area (Å²) in [6.07, 6.45) is 1.03. The van der Waals surface area contributed by atoms with Crippen LogP contribution in [0, 0.1) is 5.92 Å². The molecule has 0 aliphatic carbocycles. The zero-order chi connectivity index (χ0) is 18.1. The van der Waals surface area contributed by atoms with Gasteiger partial charge in [0.1, 0.15) is 0 Å². The maximum Gasteiger partial charge on any atom is 0.501 e. The first kappa shape index (κ1) is 18.5. The molecule has 0 radical (unpaired) electrons. The number of piperazine rings is 1. The highest BCUT2D eigenvalue weighted by Gasteiger charge is 2.48. The molecule has 0 N–H and O–H groups in total. The molecule has 3 rings (SSSR count). The summed E-state index contributed by atoms with van der Waals surface area (Å²) >= 11 is 0. The zero-order valence-corrected chi connectivity index (χ0v) is 14.5. The fourth-order valence-corrected chi connectivity index (χ4v) is 4.31. The molecule has 0 aromatic heterocycles. The van der Waals surface area contributed by atoms with E-state index in [0.717, 1.165) is 32.2 Å². The summed E-state index contributed by atoms with van der Waals surface area (Å²) in [6.45, 7) is 4.83. The maximum atomic E-state index is 12.9. The first-order chi connectivity index (χ1) is 11.8. The lowest BCUT2D eigenvalue weighted by Gasteiger charge is -2.37. The van der Waals surface area contributed by atoms with Crippen LogP contribution in [0.4, 0.5) is 18.9 Å². The number of sulfone groups is 1. The lowest BCUT2D eigenvalue weighted by atomic mass is 10.1. The molecule has 1 atom stereocenters. The first-order valence-electron chi connectivity index (χ1n) is 8.24. The number of benzene rings is 1. The van der Waals surface area contributed by atoms with Crippen molar-refractivity contribution in [3.63, 3.8) is 0 Å². The molecule has 2 heterocycles. The van der Waals surface area contributed by atoms with Crippen LogP contribution >= 0.6 is 0 Å². The van der Waals surface area contributed by atoms with Gasteiger partial charge in [-0.05, 0) is 24.5 Å². The summed E-state index contributed by atoms with van der Waals surface area (Å²) in [4.78, 5) is 3.32. The van der Waals surface area contributed by atoms with Crippen molar-refractivity contribution in [1.82, 2.24) is 4.90 Å². The molecule has 0 bridgehead atoms. The molecule has 1 aromatic carbocycles. The average Bonchev–Trinajstić information content (AvgIpc) is 3.07. The molecule has 0 spiro atoms. The minimum absolute atomic E-state index is 0.128. The number of hydrogen-bond acceptors (Lipinski definition) is 5. The molecular weight excluding hydrogens is 357 g/mol. The Morgan fingerprint density at radius 3 is 2.40 bits per heavy atom. The smallest absolute Gasteiger partial charge is 0.381 e.